The van der Waals surface area contributed by atoms with E-state index in [0.29, 0.717) is 25.7 Å². The Balaban J connectivity index is 3.32. The summed E-state index contributed by atoms with van der Waals surface area (Å²) in [5.41, 5.74) is 0. The van der Waals surface area contributed by atoms with Gasteiger partial charge in [-0.2, -0.15) is 0 Å². The van der Waals surface area contributed by atoms with Crippen molar-refractivity contribution >= 4 is 29.0 Å². The Labute approximate surface area is 114 Å². The zero-order chi connectivity index (χ0) is 13.1. The maximum Gasteiger partial charge on any atom is 0.191 e. The number of hydrogen-bond donors (Lipinski definition) is 0. The molecule has 0 aliphatic carbocycles. The third kappa shape index (κ3) is 12.8. The second kappa shape index (κ2) is 10.5. The van der Waals surface area contributed by atoms with Crippen LogP contribution in [0.1, 0.15) is 6.42 Å². The van der Waals surface area contributed by atoms with Crippen LogP contribution in [0.2, 0.25) is 32.2 Å². The van der Waals surface area contributed by atoms with Crippen LogP contribution in [0.15, 0.2) is 0 Å². The topological polar surface area (TPSA) is 27.7 Å². The molecule has 1 radical (unpaired) electrons. The van der Waals surface area contributed by atoms with Crippen molar-refractivity contribution in [1.29, 1.82) is 0 Å². The second-order valence-electron chi connectivity index (χ2n) is 4.79. The van der Waals surface area contributed by atoms with Crippen molar-refractivity contribution in [2.75, 3.05) is 32.3 Å². The van der Waals surface area contributed by atoms with Crippen LogP contribution in [0.4, 0.5) is 0 Å². The molecule has 103 valence electrons. The van der Waals surface area contributed by atoms with Gasteiger partial charge in [0.1, 0.15) is 0 Å². The van der Waals surface area contributed by atoms with Crippen molar-refractivity contribution in [3.8, 4) is 0 Å². The highest BCUT2D eigenvalue weighted by atomic mass is 35.5. The van der Waals surface area contributed by atoms with Crippen LogP contribution in [-0.2, 0) is 13.6 Å². The first-order chi connectivity index (χ1) is 7.98. The second-order valence-corrected chi connectivity index (χ2v) is 11.8. The molecule has 0 saturated heterocycles. The van der Waals surface area contributed by atoms with Gasteiger partial charge in [0.2, 0.25) is 0 Å². The van der Waals surface area contributed by atoms with E-state index >= 15 is 0 Å². The van der Waals surface area contributed by atoms with Gasteiger partial charge in [-0.1, -0.05) is 0 Å². The van der Waals surface area contributed by atoms with Crippen molar-refractivity contribution in [2.24, 2.45) is 0 Å². The van der Waals surface area contributed by atoms with Crippen molar-refractivity contribution < 1.29 is 13.6 Å². The largest absolute Gasteiger partial charge is 0.456 e. The quantitative estimate of drug-likeness (QED) is 0.333. The van der Waals surface area contributed by atoms with Gasteiger partial charge >= 0.3 is 0 Å². The molecular formula is C11H26ClO3Si2. The molecule has 3 nitrogen and oxygen atoms in total. The Kier molecular flexibility index (Phi) is 10.9. The predicted octanol–water partition coefficient (Wildman–Crippen LogP) is 3.12. The number of ether oxygens (including phenoxy) is 2. The van der Waals surface area contributed by atoms with Gasteiger partial charge in [0.25, 0.3) is 0 Å². The lowest BCUT2D eigenvalue weighted by Crippen LogP contribution is -2.35. The Hall–Kier alpha value is 0.604. The number of hydrogen-bond acceptors (Lipinski definition) is 3. The molecule has 0 aromatic rings. The first-order valence-electron chi connectivity index (χ1n) is 6.18. The van der Waals surface area contributed by atoms with Crippen LogP contribution in [0, 0.1) is 0 Å². The smallest absolute Gasteiger partial charge is 0.191 e. The third-order valence-electron chi connectivity index (χ3n) is 2.14. The van der Waals surface area contributed by atoms with E-state index in [9.17, 15) is 0 Å². The molecule has 0 N–H and O–H groups in total. The maximum atomic E-state index is 6.04. The highest BCUT2D eigenvalue weighted by Crippen LogP contribution is 2.14. The average Bonchev–Trinajstić information content (AvgIpc) is 2.20. The summed E-state index contributed by atoms with van der Waals surface area (Å²) in [5.74, 6) is 0.551. The summed E-state index contributed by atoms with van der Waals surface area (Å²) in [6.45, 7) is 11.7. The molecule has 0 unspecified atom stereocenters. The minimum absolute atomic E-state index is 0.551. The molecule has 0 fully saturated rings. The molecule has 0 spiro atoms. The fourth-order valence-electron chi connectivity index (χ4n) is 1.58. The summed E-state index contributed by atoms with van der Waals surface area (Å²) in [4.78, 5) is 0. The molecule has 0 atom stereocenters. The third-order valence-corrected chi connectivity index (χ3v) is 7.70. The van der Waals surface area contributed by atoms with Crippen LogP contribution in [0.3, 0.4) is 0 Å². The summed E-state index contributed by atoms with van der Waals surface area (Å²) in [6, 6.07) is 1.17. The molecule has 0 bridgehead atoms. The van der Waals surface area contributed by atoms with Gasteiger partial charge in [-0.05, 0) is 38.7 Å². The molecule has 0 saturated carbocycles. The standard InChI is InChI=1S/C11H26ClO3Si2/c1-16(2)15-17(3,4)11-5-7-13-9-10-14-8-6-12/h5-11H2,1-4H3. The molecule has 0 aromatic carbocycles. The van der Waals surface area contributed by atoms with Crippen molar-refractivity contribution in [3.63, 3.8) is 0 Å². The zero-order valence-corrected chi connectivity index (χ0v) is 14.3. The van der Waals surface area contributed by atoms with Gasteiger partial charge in [0.15, 0.2) is 17.4 Å². The SMILES string of the molecule is C[Si](C)O[Si](C)(C)CCCOCCOCCCl. The molecular weight excluding hydrogens is 272 g/mol. The summed E-state index contributed by atoms with van der Waals surface area (Å²) < 4.78 is 16.7. The van der Waals surface area contributed by atoms with Crippen LogP contribution < -0.4 is 0 Å². The van der Waals surface area contributed by atoms with E-state index in [1.807, 2.05) is 0 Å². The molecule has 0 amide bonds. The van der Waals surface area contributed by atoms with Gasteiger partial charge in [0, 0.05) is 12.5 Å². The first-order valence-corrected chi connectivity index (χ1v) is 12.2. The number of halogens is 1. The summed E-state index contributed by atoms with van der Waals surface area (Å²) >= 11 is 5.48. The lowest BCUT2D eigenvalue weighted by Gasteiger charge is -2.25. The normalized spacial score (nSPS) is 12.4. The van der Waals surface area contributed by atoms with E-state index < -0.39 is 17.4 Å². The van der Waals surface area contributed by atoms with Crippen LogP contribution in [0.5, 0.6) is 0 Å². The summed E-state index contributed by atoms with van der Waals surface area (Å²) in [6.07, 6.45) is 1.09. The minimum atomic E-state index is -1.43. The lowest BCUT2D eigenvalue weighted by molar-refractivity contribution is 0.0536. The van der Waals surface area contributed by atoms with Crippen molar-refractivity contribution in [1.82, 2.24) is 0 Å². The highest BCUT2D eigenvalue weighted by molar-refractivity contribution is 6.77. The number of alkyl halides is 1. The lowest BCUT2D eigenvalue weighted by atomic mass is 10.5. The average molecular weight is 298 g/mol. The summed E-state index contributed by atoms with van der Waals surface area (Å²) in [7, 11) is -1.99. The Morgan fingerprint density at radius 1 is 1.00 bits per heavy atom. The van der Waals surface area contributed by atoms with Gasteiger partial charge in [0.05, 0.1) is 19.8 Å². The van der Waals surface area contributed by atoms with Crippen molar-refractivity contribution in [2.45, 2.75) is 38.7 Å². The van der Waals surface area contributed by atoms with Gasteiger partial charge < -0.3 is 13.6 Å². The van der Waals surface area contributed by atoms with Crippen LogP contribution in [-0.4, -0.2) is 49.7 Å². The van der Waals surface area contributed by atoms with E-state index in [4.69, 9.17) is 25.2 Å². The van der Waals surface area contributed by atoms with Gasteiger partial charge in [-0.25, -0.2) is 0 Å². The van der Waals surface area contributed by atoms with E-state index in [1.165, 1.54) is 6.04 Å². The molecule has 0 aliphatic rings. The molecule has 0 rings (SSSR count). The van der Waals surface area contributed by atoms with Crippen molar-refractivity contribution in [3.05, 3.63) is 0 Å². The molecule has 17 heavy (non-hydrogen) atoms. The molecule has 0 heterocycles. The fourth-order valence-corrected chi connectivity index (χ4v) is 7.51. The van der Waals surface area contributed by atoms with E-state index in [1.54, 1.807) is 0 Å². The minimum Gasteiger partial charge on any atom is -0.456 e. The van der Waals surface area contributed by atoms with Crippen LogP contribution >= 0.6 is 11.6 Å². The predicted molar refractivity (Wildman–Crippen MR) is 77.8 cm³/mol. The maximum absolute atomic E-state index is 6.04. The molecule has 0 aliphatic heterocycles. The van der Waals surface area contributed by atoms with Crippen LogP contribution in [0.25, 0.3) is 0 Å². The van der Waals surface area contributed by atoms with Gasteiger partial charge in [-0.3, -0.25) is 0 Å². The van der Waals surface area contributed by atoms with E-state index in [-0.39, 0.29) is 0 Å². The molecule has 0 aromatic heterocycles. The first kappa shape index (κ1) is 17.6. The highest BCUT2D eigenvalue weighted by Gasteiger charge is 2.22. The zero-order valence-electron chi connectivity index (χ0n) is 11.6. The monoisotopic (exact) mass is 297 g/mol. The Morgan fingerprint density at radius 2 is 1.59 bits per heavy atom. The van der Waals surface area contributed by atoms with E-state index in [2.05, 4.69) is 26.2 Å². The summed E-state index contributed by atoms with van der Waals surface area (Å²) in [5, 5.41) is 0. The van der Waals surface area contributed by atoms with E-state index in [0.717, 1.165) is 13.0 Å². The fraction of sp³-hybridized carbons (Fsp3) is 1.00. The van der Waals surface area contributed by atoms with Gasteiger partial charge in [-0.15, -0.1) is 11.6 Å². The number of rotatable bonds is 11. The Morgan fingerprint density at radius 3 is 2.12 bits per heavy atom. The Bertz CT molecular complexity index is 180. The molecule has 6 heteroatoms.